The van der Waals surface area contributed by atoms with Gasteiger partial charge in [0.2, 0.25) is 0 Å². The molecular weight excluding hydrogens is 402 g/mol. The molecule has 11 heteroatoms. The average molecular weight is 424 g/mol. The molecule has 150 valence electrons. The normalized spacial score (nSPS) is 11.5. The monoisotopic (exact) mass is 423 g/mol. The van der Waals surface area contributed by atoms with E-state index in [0.717, 1.165) is 0 Å². The Labute approximate surface area is 171 Å². The minimum absolute atomic E-state index is 0.0198. The van der Waals surface area contributed by atoms with Crippen LogP contribution in [0, 0.1) is 11.3 Å². The van der Waals surface area contributed by atoms with Crippen LogP contribution < -0.4 is 5.32 Å². The lowest BCUT2D eigenvalue weighted by molar-refractivity contribution is -0.143. The highest BCUT2D eigenvalue weighted by molar-refractivity contribution is 8.77. The molecule has 0 aliphatic heterocycles. The number of esters is 1. The van der Waals surface area contributed by atoms with Gasteiger partial charge in [0.25, 0.3) is 0 Å². The van der Waals surface area contributed by atoms with E-state index in [-0.39, 0.29) is 23.7 Å². The number of benzene rings is 1. The van der Waals surface area contributed by atoms with Crippen LogP contribution in [0.4, 0.5) is 10.5 Å². The quantitative estimate of drug-likeness (QED) is 0.203. The summed E-state index contributed by atoms with van der Waals surface area (Å²) in [6, 6.07) is 7.29. The number of hydrogen-bond acceptors (Lipinski definition) is 8. The van der Waals surface area contributed by atoms with Gasteiger partial charge in [-0.25, -0.2) is 9.59 Å². The predicted molar refractivity (Wildman–Crippen MR) is 109 cm³/mol. The zero-order valence-corrected chi connectivity index (χ0v) is 17.4. The lowest BCUT2D eigenvalue weighted by Gasteiger charge is -2.20. The van der Waals surface area contributed by atoms with Crippen molar-refractivity contribution >= 4 is 39.3 Å². The number of nitrogens with one attached hydrogen (secondary N) is 1. The second-order valence-corrected chi connectivity index (χ2v) is 9.54. The zero-order valence-electron chi connectivity index (χ0n) is 15.7. The highest BCUT2D eigenvalue weighted by Gasteiger charge is 2.24. The minimum atomic E-state index is -0.937. The fourth-order valence-electron chi connectivity index (χ4n) is 1.69. The summed E-state index contributed by atoms with van der Waals surface area (Å²) in [6.45, 7) is 5.68. The molecule has 0 fully saturated rings. The number of nitriles is 1. The first-order valence-electron chi connectivity index (χ1n) is 8.16. The summed E-state index contributed by atoms with van der Waals surface area (Å²) in [5.74, 6) is -0.429. The Kier molecular flexibility index (Phi) is 10.1. The van der Waals surface area contributed by atoms with Gasteiger partial charge in [0.1, 0.15) is 18.7 Å². The van der Waals surface area contributed by atoms with E-state index in [2.05, 4.69) is 15.3 Å². The van der Waals surface area contributed by atoms with Crippen LogP contribution >= 0.6 is 21.6 Å². The third-order valence-corrected chi connectivity index (χ3v) is 6.21. The van der Waals surface area contributed by atoms with Gasteiger partial charge in [-0.2, -0.15) is 5.26 Å². The molecule has 1 aromatic rings. The Hall–Kier alpha value is -2.54. The van der Waals surface area contributed by atoms with Crippen molar-refractivity contribution in [2.45, 2.75) is 38.2 Å². The van der Waals surface area contributed by atoms with Gasteiger partial charge < -0.3 is 14.8 Å². The van der Waals surface area contributed by atoms with Crippen molar-refractivity contribution in [1.82, 2.24) is 5.32 Å². The minimum Gasteiger partial charge on any atom is -0.449 e. The molecule has 1 rings (SSSR count). The molecule has 0 aromatic heterocycles. The second kappa shape index (κ2) is 12.0. The summed E-state index contributed by atoms with van der Waals surface area (Å²) < 4.78 is 9.90. The van der Waals surface area contributed by atoms with Crippen LogP contribution in [0.3, 0.4) is 0 Å². The number of azide groups is 1. The molecule has 9 nitrogen and oxygen atoms in total. The van der Waals surface area contributed by atoms with E-state index in [0.29, 0.717) is 11.3 Å². The van der Waals surface area contributed by atoms with Gasteiger partial charge in [-0.05, 0) is 11.1 Å². The smallest absolute Gasteiger partial charge is 0.408 e. The molecule has 0 unspecified atom stereocenters. The van der Waals surface area contributed by atoms with Crippen LogP contribution in [0.5, 0.6) is 0 Å². The summed E-state index contributed by atoms with van der Waals surface area (Å²) in [6.07, 6.45) is -0.778. The molecule has 0 aliphatic carbocycles. The molecule has 1 amide bonds. The largest absolute Gasteiger partial charge is 0.449 e. The molecule has 1 atom stereocenters. The van der Waals surface area contributed by atoms with Gasteiger partial charge in [0, 0.05) is 21.1 Å². The maximum absolute atomic E-state index is 12.1. The Morgan fingerprint density at radius 3 is 2.57 bits per heavy atom. The van der Waals surface area contributed by atoms with Crippen LogP contribution in [0.25, 0.3) is 10.4 Å². The molecular formula is C17H21N5O4S2. The molecule has 0 radical (unpaired) electrons. The third kappa shape index (κ3) is 9.97. The van der Waals surface area contributed by atoms with Crippen molar-refractivity contribution < 1.29 is 19.1 Å². The molecule has 0 saturated carbocycles. The summed E-state index contributed by atoms with van der Waals surface area (Å²) in [7, 11) is 2.98. The van der Waals surface area contributed by atoms with Gasteiger partial charge in [-0.1, -0.05) is 71.7 Å². The van der Waals surface area contributed by atoms with Crippen LogP contribution in [-0.2, 0) is 20.9 Å². The standard InChI is InChI=1S/C17H21N5O4S2/c1-17(2,3)28-27-11-14(15(23)25-9-8-18)20-16(24)26-10-12-4-6-13(7-5-12)21-22-19/h4-7,14H,9-11H2,1-3H3,(H,20,24)/t14-/m0/s1. The molecule has 0 bridgehead atoms. The van der Waals surface area contributed by atoms with E-state index < -0.39 is 18.1 Å². The fourth-order valence-corrected chi connectivity index (χ4v) is 4.14. The average Bonchev–Trinajstić information content (AvgIpc) is 2.64. The first-order chi connectivity index (χ1) is 13.2. The van der Waals surface area contributed by atoms with Crippen molar-refractivity contribution in [3.05, 3.63) is 40.3 Å². The summed E-state index contributed by atoms with van der Waals surface area (Å²) >= 11 is 0. The van der Waals surface area contributed by atoms with Gasteiger partial charge in [-0.3, -0.25) is 0 Å². The SMILES string of the molecule is CC(C)(C)SSC[C@H](NC(=O)OCc1ccc(N=[N+]=[N-])cc1)C(=O)OCC#N. The van der Waals surface area contributed by atoms with E-state index >= 15 is 0 Å². The highest BCUT2D eigenvalue weighted by atomic mass is 33.1. The Bertz CT molecular complexity index is 752. The van der Waals surface area contributed by atoms with E-state index in [1.165, 1.54) is 10.8 Å². The number of carbonyl (C=O) groups excluding carboxylic acids is 2. The van der Waals surface area contributed by atoms with Crippen molar-refractivity contribution in [2.24, 2.45) is 5.11 Å². The molecule has 0 heterocycles. The van der Waals surface area contributed by atoms with E-state index in [9.17, 15) is 9.59 Å². The summed E-state index contributed by atoms with van der Waals surface area (Å²) in [5.41, 5.74) is 9.51. The van der Waals surface area contributed by atoms with Gasteiger partial charge in [-0.15, -0.1) is 0 Å². The Morgan fingerprint density at radius 2 is 2.00 bits per heavy atom. The lowest BCUT2D eigenvalue weighted by atomic mass is 10.2. The van der Waals surface area contributed by atoms with Gasteiger partial charge in [0.15, 0.2) is 6.61 Å². The number of ether oxygens (including phenoxy) is 2. The molecule has 0 saturated heterocycles. The van der Waals surface area contributed by atoms with Crippen LogP contribution in [0.1, 0.15) is 26.3 Å². The number of amides is 1. The maximum atomic E-state index is 12.1. The first kappa shape index (κ1) is 23.5. The second-order valence-electron chi connectivity index (χ2n) is 6.37. The van der Waals surface area contributed by atoms with Crippen LogP contribution in [0.2, 0.25) is 0 Å². The van der Waals surface area contributed by atoms with Crippen molar-refractivity contribution in [1.29, 1.82) is 5.26 Å². The summed E-state index contributed by atoms with van der Waals surface area (Å²) in [5, 5.41) is 14.5. The molecule has 0 spiro atoms. The lowest BCUT2D eigenvalue weighted by Crippen LogP contribution is -2.43. The molecule has 1 aromatic carbocycles. The van der Waals surface area contributed by atoms with Crippen molar-refractivity contribution in [3.8, 4) is 6.07 Å². The van der Waals surface area contributed by atoms with Gasteiger partial charge in [0.05, 0.1) is 0 Å². The maximum Gasteiger partial charge on any atom is 0.408 e. The van der Waals surface area contributed by atoms with E-state index in [4.69, 9.17) is 20.3 Å². The van der Waals surface area contributed by atoms with Crippen LogP contribution in [0.15, 0.2) is 29.4 Å². The molecule has 0 aliphatic rings. The van der Waals surface area contributed by atoms with Crippen molar-refractivity contribution in [2.75, 3.05) is 12.4 Å². The van der Waals surface area contributed by atoms with Gasteiger partial charge >= 0.3 is 12.1 Å². The predicted octanol–water partition coefficient (Wildman–Crippen LogP) is 4.47. The Morgan fingerprint density at radius 1 is 1.32 bits per heavy atom. The number of carbonyl (C=O) groups is 2. The topological polar surface area (TPSA) is 137 Å². The fraction of sp³-hybridized carbons (Fsp3) is 0.471. The third-order valence-electron chi connectivity index (χ3n) is 2.87. The number of hydrogen-bond donors (Lipinski definition) is 1. The molecule has 28 heavy (non-hydrogen) atoms. The van der Waals surface area contributed by atoms with E-state index in [1.807, 2.05) is 20.8 Å². The van der Waals surface area contributed by atoms with E-state index in [1.54, 1.807) is 41.1 Å². The zero-order chi connectivity index (χ0) is 21.0. The number of nitrogens with zero attached hydrogens (tertiary/aromatic N) is 4. The number of rotatable bonds is 9. The first-order valence-corrected chi connectivity index (χ1v) is 10.5. The summed E-state index contributed by atoms with van der Waals surface area (Å²) in [4.78, 5) is 26.8. The van der Waals surface area contributed by atoms with Crippen LogP contribution in [-0.4, -0.2) is 35.2 Å². The van der Waals surface area contributed by atoms with Crippen molar-refractivity contribution in [3.63, 3.8) is 0 Å². The number of alkyl carbamates (subject to hydrolysis) is 1. The molecule has 1 N–H and O–H groups in total. The Balaban J connectivity index is 2.59. The highest BCUT2D eigenvalue weighted by Crippen LogP contribution is 2.35.